The number of rotatable bonds is 6. The van der Waals surface area contributed by atoms with Crippen molar-refractivity contribution in [3.8, 4) is 11.5 Å². The molecule has 0 saturated heterocycles. The highest BCUT2D eigenvalue weighted by atomic mass is 35.5. The summed E-state index contributed by atoms with van der Waals surface area (Å²) in [6, 6.07) is 15.2. The lowest BCUT2D eigenvalue weighted by molar-refractivity contribution is -0.127. The minimum atomic E-state index is 0.00416. The van der Waals surface area contributed by atoms with E-state index in [4.69, 9.17) is 16.0 Å². The van der Waals surface area contributed by atoms with Gasteiger partial charge in [-0.05, 0) is 42.3 Å². The Morgan fingerprint density at radius 3 is 2.62 bits per heavy atom. The maximum Gasteiger partial charge on any atom is 0.277 e. The summed E-state index contributed by atoms with van der Waals surface area (Å²) in [7, 11) is 1.79. The summed E-state index contributed by atoms with van der Waals surface area (Å²) in [6.45, 7) is 2.62. The van der Waals surface area contributed by atoms with Crippen LogP contribution in [0, 0.1) is 6.92 Å². The fourth-order valence-corrected chi connectivity index (χ4v) is 3.17. The van der Waals surface area contributed by atoms with Crippen molar-refractivity contribution in [2.45, 2.75) is 18.7 Å². The van der Waals surface area contributed by atoms with Gasteiger partial charge in [0.25, 0.3) is 5.22 Å². The van der Waals surface area contributed by atoms with Crippen LogP contribution >= 0.6 is 23.4 Å². The smallest absolute Gasteiger partial charge is 0.277 e. The van der Waals surface area contributed by atoms with Crippen molar-refractivity contribution in [2.24, 2.45) is 0 Å². The van der Waals surface area contributed by atoms with Crippen molar-refractivity contribution in [3.63, 3.8) is 0 Å². The van der Waals surface area contributed by atoms with Crippen molar-refractivity contribution in [1.29, 1.82) is 0 Å². The van der Waals surface area contributed by atoms with Crippen LogP contribution in [0.2, 0.25) is 5.02 Å². The quantitative estimate of drug-likeness (QED) is 0.585. The first-order valence-electron chi connectivity index (χ1n) is 8.03. The van der Waals surface area contributed by atoms with Gasteiger partial charge in [0.15, 0.2) is 0 Å². The van der Waals surface area contributed by atoms with Crippen molar-refractivity contribution in [3.05, 3.63) is 64.7 Å². The molecule has 0 fully saturated rings. The van der Waals surface area contributed by atoms with Gasteiger partial charge in [0, 0.05) is 24.2 Å². The second-order valence-electron chi connectivity index (χ2n) is 5.84. The van der Waals surface area contributed by atoms with Crippen LogP contribution in [-0.4, -0.2) is 33.8 Å². The number of hydrogen-bond acceptors (Lipinski definition) is 5. The summed E-state index contributed by atoms with van der Waals surface area (Å²) in [5.41, 5.74) is 3.09. The molecule has 0 N–H and O–H groups in total. The van der Waals surface area contributed by atoms with Crippen LogP contribution in [0.3, 0.4) is 0 Å². The Kier molecular flexibility index (Phi) is 5.96. The Bertz CT molecular complexity index is 896. The molecule has 0 spiro atoms. The first kappa shape index (κ1) is 18.5. The van der Waals surface area contributed by atoms with Crippen LogP contribution < -0.4 is 0 Å². The lowest BCUT2D eigenvalue weighted by atomic mass is 10.1. The molecule has 3 rings (SSSR count). The molecule has 1 amide bonds. The Hall–Kier alpha value is -2.31. The number of carbonyl (C=O) groups excluding carboxylic acids is 1. The fourth-order valence-electron chi connectivity index (χ4n) is 2.34. The average molecular weight is 388 g/mol. The molecule has 2 aromatic carbocycles. The van der Waals surface area contributed by atoms with Crippen LogP contribution in [0.1, 0.15) is 11.1 Å². The molecule has 3 aromatic rings. The van der Waals surface area contributed by atoms with Gasteiger partial charge in [-0.3, -0.25) is 4.79 Å². The van der Waals surface area contributed by atoms with Crippen molar-refractivity contribution in [2.75, 3.05) is 12.8 Å². The summed E-state index contributed by atoms with van der Waals surface area (Å²) >= 11 is 7.11. The number of halogens is 1. The van der Waals surface area contributed by atoms with E-state index in [1.165, 1.54) is 17.3 Å². The third kappa shape index (κ3) is 4.65. The largest absolute Gasteiger partial charge is 0.411 e. The molecule has 0 unspecified atom stereocenters. The van der Waals surface area contributed by atoms with E-state index in [-0.39, 0.29) is 11.7 Å². The summed E-state index contributed by atoms with van der Waals surface area (Å²) in [4.78, 5) is 14.0. The molecule has 0 atom stereocenters. The lowest BCUT2D eigenvalue weighted by Crippen LogP contribution is -2.28. The zero-order valence-corrected chi connectivity index (χ0v) is 16.0. The van der Waals surface area contributed by atoms with Gasteiger partial charge in [0.1, 0.15) is 0 Å². The monoisotopic (exact) mass is 387 g/mol. The molecule has 0 aliphatic rings. The standard InChI is InChI=1S/C19H18ClN3O2S/c1-13-5-3-4-6-15(13)11-23(2)17(24)12-26-19-22-21-18(25-19)14-7-9-16(20)10-8-14/h3-10H,11-12H2,1-2H3. The van der Waals surface area contributed by atoms with Gasteiger partial charge in [-0.15, -0.1) is 10.2 Å². The van der Waals surface area contributed by atoms with Crippen LogP contribution in [0.15, 0.2) is 58.2 Å². The van der Waals surface area contributed by atoms with E-state index >= 15 is 0 Å². The topological polar surface area (TPSA) is 59.2 Å². The van der Waals surface area contributed by atoms with Gasteiger partial charge in [0.05, 0.1) is 5.75 Å². The van der Waals surface area contributed by atoms with Crippen LogP contribution in [-0.2, 0) is 11.3 Å². The lowest BCUT2D eigenvalue weighted by Gasteiger charge is -2.17. The molecular weight excluding hydrogens is 370 g/mol. The van der Waals surface area contributed by atoms with Gasteiger partial charge in [-0.25, -0.2) is 0 Å². The van der Waals surface area contributed by atoms with Gasteiger partial charge >= 0.3 is 0 Å². The SMILES string of the molecule is Cc1ccccc1CN(C)C(=O)CSc1nnc(-c2ccc(Cl)cc2)o1. The van der Waals surface area contributed by atoms with E-state index in [9.17, 15) is 4.79 Å². The van der Waals surface area contributed by atoms with Gasteiger partial charge in [-0.2, -0.15) is 0 Å². The highest BCUT2D eigenvalue weighted by molar-refractivity contribution is 7.99. The number of hydrogen-bond donors (Lipinski definition) is 0. The van der Waals surface area contributed by atoms with Gasteiger partial charge < -0.3 is 9.32 Å². The molecular formula is C19H18ClN3O2S. The first-order chi connectivity index (χ1) is 12.5. The Labute approximate surface area is 161 Å². The van der Waals surface area contributed by atoms with E-state index in [1.807, 2.05) is 43.3 Å². The van der Waals surface area contributed by atoms with Crippen molar-refractivity contribution >= 4 is 29.3 Å². The third-order valence-corrected chi connectivity index (χ3v) is 4.97. The van der Waals surface area contributed by atoms with Crippen LogP contribution in [0.25, 0.3) is 11.5 Å². The molecule has 134 valence electrons. The van der Waals surface area contributed by atoms with Crippen LogP contribution in [0.5, 0.6) is 0 Å². The predicted molar refractivity (Wildman–Crippen MR) is 103 cm³/mol. The normalized spacial score (nSPS) is 10.7. The van der Waals surface area contributed by atoms with Crippen LogP contribution in [0.4, 0.5) is 0 Å². The summed E-state index contributed by atoms with van der Waals surface area (Å²) in [6.07, 6.45) is 0. The Morgan fingerprint density at radius 2 is 1.88 bits per heavy atom. The third-order valence-electron chi connectivity index (χ3n) is 3.91. The molecule has 26 heavy (non-hydrogen) atoms. The second kappa shape index (κ2) is 8.38. The molecule has 0 saturated carbocycles. The minimum absolute atomic E-state index is 0.00416. The fraction of sp³-hybridized carbons (Fsp3) is 0.211. The second-order valence-corrected chi connectivity index (χ2v) is 7.21. The summed E-state index contributed by atoms with van der Waals surface area (Å²) in [5, 5.41) is 9.01. The number of benzene rings is 2. The summed E-state index contributed by atoms with van der Waals surface area (Å²) < 4.78 is 5.60. The van der Waals surface area contributed by atoms with Crippen molar-refractivity contribution < 1.29 is 9.21 Å². The van der Waals surface area contributed by atoms with E-state index < -0.39 is 0 Å². The molecule has 0 aliphatic carbocycles. The molecule has 0 radical (unpaired) electrons. The number of carbonyl (C=O) groups is 1. The molecule has 7 heteroatoms. The summed E-state index contributed by atoms with van der Waals surface area (Å²) in [5.74, 6) is 0.652. The Morgan fingerprint density at radius 1 is 1.15 bits per heavy atom. The average Bonchev–Trinajstić information content (AvgIpc) is 3.11. The minimum Gasteiger partial charge on any atom is -0.411 e. The zero-order chi connectivity index (χ0) is 18.5. The van der Waals surface area contributed by atoms with E-state index in [1.54, 1.807) is 24.1 Å². The first-order valence-corrected chi connectivity index (χ1v) is 9.40. The number of nitrogens with zero attached hydrogens (tertiary/aromatic N) is 3. The van der Waals surface area contributed by atoms with E-state index in [0.717, 1.165) is 11.1 Å². The number of thioether (sulfide) groups is 1. The molecule has 1 aromatic heterocycles. The Balaban J connectivity index is 1.56. The van der Waals surface area contributed by atoms with E-state index in [2.05, 4.69) is 10.2 Å². The molecule has 0 aliphatic heterocycles. The molecule has 5 nitrogen and oxygen atoms in total. The maximum atomic E-state index is 12.3. The highest BCUT2D eigenvalue weighted by Gasteiger charge is 2.14. The van der Waals surface area contributed by atoms with Gasteiger partial charge in [0.2, 0.25) is 11.8 Å². The molecule has 1 heterocycles. The number of aromatic nitrogens is 2. The number of amides is 1. The van der Waals surface area contributed by atoms with E-state index in [0.29, 0.717) is 22.7 Å². The predicted octanol–water partition coefficient (Wildman–Crippen LogP) is 4.45. The maximum absolute atomic E-state index is 12.3. The molecule has 0 bridgehead atoms. The number of aryl methyl sites for hydroxylation is 1. The zero-order valence-electron chi connectivity index (χ0n) is 14.5. The van der Waals surface area contributed by atoms with Gasteiger partial charge in [-0.1, -0.05) is 47.6 Å². The highest BCUT2D eigenvalue weighted by Crippen LogP contribution is 2.24. The van der Waals surface area contributed by atoms with Crippen molar-refractivity contribution in [1.82, 2.24) is 15.1 Å².